The first-order valence-corrected chi connectivity index (χ1v) is 12.6. The quantitative estimate of drug-likeness (QED) is 0.320. The third-order valence-electron chi connectivity index (χ3n) is 6.80. The Hall–Kier alpha value is -3.68. The van der Waals surface area contributed by atoms with Crippen molar-refractivity contribution < 1.29 is 5.11 Å². The number of hydrazone groups is 1. The lowest BCUT2D eigenvalue weighted by Crippen LogP contribution is -2.35. The molecular weight excluding hydrogens is 438 g/mol. The monoisotopic (exact) mass is 471 g/mol. The average molecular weight is 472 g/mol. The van der Waals surface area contributed by atoms with Crippen LogP contribution in [0, 0.1) is 0 Å². The molecule has 0 unspecified atom stereocenters. The summed E-state index contributed by atoms with van der Waals surface area (Å²) in [5.74, 6) is 7.74. The third kappa shape index (κ3) is 5.37. The van der Waals surface area contributed by atoms with Crippen LogP contribution < -0.4 is 15.6 Å². The fourth-order valence-electron chi connectivity index (χ4n) is 4.89. The minimum Gasteiger partial charge on any atom is -0.507 e. The molecule has 8 nitrogen and oxygen atoms in total. The predicted molar refractivity (Wildman–Crippen MR) is 139 cm³/mol. The largest absolute Gasteiger partial charge is 0.507 e. The van der Waals surface area contributed by atoms with Crippen molar-refractivity contribution in [3.8, 4) is 5.75 Å². The summed E-state index contributed by atoms with van der Waals surface area (Å²) >= 11 is 0. The number of piperidine rings is 2. The van der Waals surface area contributed by atoms with Gasteiger partial charge in [0.05, 0.1) is 0 Å². The van der Waals surface area contributed by atoms with Crippen molar-refractivity contribution in [2.75, 3.05) is 36.0 Å². The first kappa shape index (κ1) is 23.1. The Morgan fingerprint density at radius 1 is 0.771 bits per heavy atom. The number of rotatable bonds is 6. The highest BCUT2D eigenvalue weighted by Crippen LogP contribution is 2.26. The number of nitrogens with two attached hydrogens (primary N) is 1. The van der Waals surface area contributed by atoms with Crippen LogP contribution in [0.25, 0.3) is 0 Å². The van der Waals surface area contributed by atoms with Crippen LogP contribution in [0.3, 0.4) is 0 Å². The standard InChI is InChI=1S/C27H33N7O/c28-32-24(22-19-21(12-13-23(22)35)18-20-10-4-1-5-11-20)25-29-26(33-14-6-2-7-15-33)31-27(30-25)34-16-8-3-9-17-34/h1,4-5,10-13,19,35H,2-3,6-9,14-18,28H2/b32-24+. The zero-order valence-corrected chi connectivity index (χ0v) is 20.1. The maximum absolute atomic E-state index is 10.8. The molecule has 0 radical (unpaired) electrons. The van der Waals surface area contributed by atoms with E-state index in [0.29, 0.717) is 29.0 Å². The van der Waals surface area contributed by atoms with Crippen molar-refractivity contribution in [3.05, 3.63) is 71.0 Å². The van der Waals surface area contributed by atoms with E-state index in [1.807, 2.05) is 30.3 Å². The van der Waals surface area contributed by atoms with Gasteiger partial charge in [-0.05, 0) is 68.2 Å². The minimum absolute atomic E-state index is 0.102. The van der Waals surface area contributed by atoms with Gasteiger partial charge < -0.3 is 20.7 Å². The van der Waals surface area contributed by atoms with Crippen molar-refractivity contribution in [2.45, 2.75) is 44.9 Å². The van der Waals surface area contributed by atoms with E-state index in [1.165, 1.54) is 18.4 Å². The van der Waals surface area contributed by atoms with Gasteiger partial charge in [-0.3, -0.25) is 0 Å². The number of hydrogen-bond donors (Lipinski definition) is 2. The third-order valence-corrected chi connectivity index (χ3v) is 6.80. The normalized spacial score (nSPS) is 17.0. The molecule has 2 aromatic carbocycles. The number of aromatic hydroxyl groups is 1. The number of phenolic OH excluding ortho intramolecular Hbond substituents is 1. The SMILES string of the molecule is N/N=C(/c1nc(N2CCCCC2)nc(N2CCCCC2)n1)c1cc(Cc2ccccc2)ccc1O. The summed E-state index contributed by atoms with van der Waals surface area (Å²) in [5.41, 5.74) is 3.14. The highest BCUT2D eigenvalue weighted by Gasteiger charge is 2.24. The Morgan fingerprint density at radius 2 is 1.37 bits per heavy atom. The minimum atomic E-state index is 0.102. The van der Waals surface area contributed by atoms with Crippen molar-refractivity contribution in [3.63, 3.8) is 0 Å². The van der Waals surface area contributed by atoms with E-state index in [4.69, 9.17) is 20.8 Å². The lowest BCUT2D eigenvalue weighted by Gasteiger charge is -2.30. The second-order valence-electron chi connectivity index (χ2n) is 9.35. The molecule has 0 aliphatic carbocycles. The van der Waals surface area contributed by atoms with Crippen molar-refractivity contribution in [2.24, 2.45) is 10.9 Å². The molecule has 5 rings (SSSR count). The molecule has 2 aliphatic rings. The smallest absolute Gasteiger partial charge is 0.230 e. The van der Waals surface area contributed by atoms with Crippen molar-refractivity contribution in [1.29, 1.82) is 0 Å². The van der Waals surface area contributed by atoms with Crippen LogP contribution in [0.2, 0.25) is 0 Å². The fraction of sp³-hybridized carbons (Fsp3) is 0.407. The van der Waals surface area contributed by atoms with Crippen LogP contribution >= 0.6 is 0 Å². The molecule has 1 aromatic heterocycles. The molecule has 0 atom stereocenters. The molecule has 2 aliphatic heterocycles. The molecule has 0 spiro atoms. The van der Waals surface area contributed by atoms with Gasteiger partial charge in [0.15, 0.2) is 5.82 Å². The van der Waals surface area contributed by atoms with Crippen molar-refractivity contribution in [1.82, 2.24) is 15.0 Å². The first-order valence-electron chi connectivity index (χ1n) is 12.6. The summed E-state index contributed by atoms with van der Waals surface area (Å²) in [6, 6.07) is 15.8. The van der Waals surface area contributed by atoms with E-state index in [0.717, 1.165) is 63.8 Å². The number of benzene rings is 2. The number of anilines is 2. The molecule has 35 heavy (non-hydrogen) atoms. The fourth-order valence-corrected chi connectivity index (χ4v) is 4.89. The number of aromatic nitrogens is 3. The van der Waals surface area contributed by atoms with Gasteiger partial charge in [0.1, 0.15) is 11.5 Å². The lowest BCUT2D eigenvalue weighted by molar-refractivity contribution is 0.474. The van der Waals surface area contributed by atoms with Gasteiger partial charge in [-0.1, -0.05) is 36.4 Å². The molecular formula is C27H33N7O. The molecule has 0 bridgehead atoms. The highest BCUT2D eigenvalue weighted by atomic mass is 16.3. The topological polar surface area (TPSA) is 104 Å². The molecule has 0 saturated carbocycles. The van der Waals surface area contributed by atoms with Gasteiger partial charge in [0, 0.05) is 31.7 Å². The van der Waals surface area contributed by atoms with Gasteiger partial charge in [-0.15, -0.1) is 0 Å². The summed E-state index contributed by atoms with van der Waals surface area (Å²) in [6.07, 6.45) is 7.69. The molecule has 8 heteroatoms. The summed E-state index contributed by atoms with van der Waals surface area (Å²) in [6.45, 7) is 3.71. The van der Waals surface area contributed by atoms with E-state index in [1.54, 1.807) is 6.07 Å². The summed E-state index contributed by atoms with van der Waals surface area (Å²) < 4.78 is 0. The summed E-state index contributed by atoms with van der Waals surface area (Å²) in [7, 11) is 0. The molecule has 182 valence electrons. The zero-order chi connectivity index (χ0) is 24.0. The Balaban J connectivity index is 1.53. The average Bonchev–Trinajstić information content (AvgIpc) is 2.92. The Morgan fingerprint density at radius 3 is 1.94 bits per heavy atom. The first-order chi connectivity index (χ1) is 17.2. The van der Waals surface area contributed by atoms with Gasteiger partial charge in [-0.25, -0.2) is 0 Å². The Labute approximate surface area is 206 Å². The highest BCUT2D eigenvalue weighted by molar-refractivity contribution is 6.12. The zero-order valence-electron chi connectivity index (χ0n) is 20.1. The molecule has 3 heterocycles. The van der Waals surface area contributed by atoms with Crippen LogP contribution in [0.5, 0.6) is 5.75 Å². The van der Waals surface area contributed by atoms with Crippen LogP contribution in [-0.4, -0.2) is 51.9 Å². The van der Waals surface area contributed by atoms with Crippen LogP contribution in [-0.2, 0) is 6.42 Å². The Bertz CT molecular complexity index is 1130. The maximum atomic E-state index is 10.8. The second kappa shape index (κ2) is 10.7. The van der Waals surface area contributed by atoms with E-state index in [9.17, 15) is 5.11 Å². The molecule has 2 fully saturated rings. The molecule has 3 N–H and O–H groups in total. The van der Waals surface area contributed by atoms with Crippen molar-refractivity contribution >= 4 is 17.6 Å². The molecule has 0 amide bonds. The van der Waals surface area contributed by atoms with E-state index < -0.39 is 0 Å². The van der Waals surface area contributed by atoms with E-state index in [-0.39, 0.29) is 5.75 Å². The predicted octanol–water partition coefficient (Wildman–Crippen LogP) is 3.86. The van der Waals surface area contributed by atoms with Crippen LogP contribution in [0.15, 0.2) is 53.6 Å². The summed E-state index contributed by atoms with van der Waals surface area (Å²) in [4.78, 5) is 18.9. The van der Waals surface area contributed by atoms with E-state index in [2.05, 4.69) is 27.0 Å². The van der Waals surface area contributed by atoms with Crippen LogP contribution in [0.4, 0.5) is 11.9 Å². The van der Waals surface area contributed by atoms with Gasteiger partial charge in [-0.2, -0.15) is 20.1 Å². The molecule has 2 saturated heterocycles. The lowest BCUT2D eigenvalue weighted by atomic mass is 10.00. The van der Waals surface area contributed by atoms with Gasteiger partial charge in [0.25, 0.3) is 0 Å². The number of phenols is 1. The second-order valence-corrected chi connectivity index (χ2v) is 9.35. The Kier molecular flexibility index (Phi) is 7.07. The van der Waals surface area contributed by atoms with E-state index >= 15 is 0 Å². The maximum Gasteiger partial charge on any atom is 0.230 e. The number of nitrogens with zero attached hydrogens (tertiary/aromatic N) is 6. The van der Waals surface area contributed by atoms with Crippen LogP contribution in [0.1, 0.15) is 61.0 Å². The number of hydrogen-bond acceptors (Lipinski definition) is 8. The summed E-state index contributed by atoms with van der Waals surface area (Å²) in [5, 5.41) is 14.8. The van der Waals surface area contributed by atoms with Gasteiger partial charge >= 0.3 is 0 Å². The molecule has 3 aromatic rings. The van der Waals surface area contributed by atoms with Gasteiger partial charge in [0.2, 0.25) is 11.9 Å².